The first-order chi connectivity index (χ1) is 7.25. The van der Waals surface area contributed by atoms with Gasteiger partial charge in [0.15, 0.2) is 11.5 Å². The van der Waals surface area contributed by atoms with Gasteiger partial charge in [0, 0.05) is 25.4 Å². The lowest BCUT2D eigenvalue weighted by atomic mass is 10.3. The van der Waals surface area contributed by atoms with Gasteiger partial charge in [-0.3, -0.25) is 0 Å². The van der Waals surface area contributed by atoms with Crippen molar-refractivity contribution in [1.29, 1.82) is 0 Å². The molecule has 0 bridgehead atoms. The molecule has 1 rings (SSSR count). The second kappa shape index (κ2) is 5.60. The van der Waals surface area contributed by atoms with Crippen LogP contribution in [0.2, 0.25) is 0 Å². The quantitative estimate of drug-likeness (QED) is 0.566. The number of nitrogens with one attached hydrogen (secondary N) is 1. The summed E-state index contributed by atoms with van der Waals surface area (Å²) in [6.07, 6.45) is 3.44. The average molecular weight is 205 g/mol. The molecule has 1 aromatic rings. The molecule has 0 aliphatic carbocycles. The zero-order valence-electron chi connectivity index (χ0n) is 8.32. The zero-order valence-corrected chi connectivity index (χ0v) is 8.32. The first kappa shape index (κ1) is 11.0. The van der Waals surface area contributed by atoms with E-state index in [1.807, 2.05) is 0 Å². The molecule has 5 nitrogen and oxygen atoms in total. The molecular weight excluding hydrogens is 194 g/mol. The number of carbonyl (C=O) groups is 1. The van der Waals surface area contributed by atoms with Gasteiger partial charge in [0.05, 0.1) is 0 Å². The first-order valence-electron chi connectivity index (χ1n) is 4.43. The van der Waals surface area contributed by atoms with Gasteiger partial charge in [-0.1, -0.05) is 0 Å². The SMILES string of the molecule is CC#CCCNc1nccnc1C(=O)O. The highest BCUT2D eigenvalue weighted by Crippen LogP contribution is 2.07. The number of carboxylic acid groups (broad SMARTS) is 1. The lowest BCUT2D eigenvalue weighted by Gasteiger charge is -2.04. The lowest BCUT2D eigenvalue weighted by Crippen LogP contribution is -2.10. The maximum absolute atomic E-state index is 10.7. The predicted molar refractivity (Wildman–Crippen MR) is 55.5 cm³/mol. The summed E-state index contributed by atoms with van der Waals surface area (Å²) in [5.41, 5.74) is -0.0676. The van der Waals surface area contributed by atoms with Crippen molar-refractivity contribution in [2.75, 3.05) is 11.9 Å². The molecule has 2 N–H and O–H groups in total. The topological polar surface area (TPSA) is 75.1 Å². The van der Waals surface area contributed by atoms with Gasteiger partial charge in [0.1, 0.15) is 0 Å². The Morgan fingerprint density at radius 1 is 1.53 bits per heavy atom. The maximum Gasteiger partial charge on any atom is 0.358 e. The fraction of sp³-hybridized carbons (Fsp3) is 0.300. The largest absolute Gasteiger partial charge is 0.476 e. The van der Waals surface area contributed by atoms with Crippen molar-refractivity contribution in [3.05, 3.63) is 18.1 Å². The van der Waals surface area contributed by atoms with Crippen molar-refractivity contribution in [3.8, 4) is 11.8 Å². The predicted octanol–water partition coefficient (Wildman–Crippen LogP) is 1.00. The molecule has 0 saturated heterocycles. The molecule has 0 spiro atoms. The van der Waals surface area contributed by atoms with E-state index in [1.165, 1.54) is 12.4 Å². The first-order valence-corrected chi connectivity index (χ1v) is 4.43. The smallest absolute Gasteiger partial charge is 0.358 e. The van der Waals surface area contributed by atoms with Gasteiger partial charge in [-0.15, -0.1) is 11.8 Å². The van der Waals surface area contributed by atoms with Gasteiger partial charge in [0.25, 0.3) is 0 Å². The van der Waals surface area contributed by atoms with Crippen molar-refractivity contribution < 1.29 is 9.90 Å². The Morgan fingerprint density at radius 3 is 2.93 bits per heavy atom. The molecule has 0 aliphatic heterocycles. The van der Waals surface area contributed by atoms with E-state index in [4.69, 9.17) is 5.11 Å². The molecule has 0 radical (unpaired) electrons. The molecule has 0 unspecified atom stereocenters. The number of aromatic carboxylic acids is 1. The Hall–Kier alpha value is -2.09. The summed E-state index contributed by atoms with van der Waals surface area (Å²) in [6, 6.07) is 0. The van der Waals surface area contributed by atoms with Crippen molar-refractivity contribution in [2.45, 2.75) is 13.3 Å². The maximum atomic E-state index is 10.7. The molecule has 5 heteroatoms. The Kier molecular flexibility index (Phi) is 4.10. The molecule has 1 heterocycles. The van der Waals surface area contributed by atoms with Crippen LogP contribution in [-0.2, 0) is 0 Å². The molecule has 78 valence electrons. The fourth-order valence-electron chi connectivity index (χ4n) is 0.992. The third kappa shape index (κ3) is 3.27. The number of aromatic nitrogens is 2. The van der Waals surface area contributed by atoms with Gasteiger partial charge >= 0.3 is 5.97 Å². The fourth-order valence-corrected chi connectivity index (χ4v) is 0.992. The Labute approximate surface area is 87.6 Å². The van der Waals surface area contributed by atoms with Crippen molar-refractivity contribution in [2.24, 2.45) is 0 Å². The molecule has 0 amide bonds. The summed E-state index contributed by atoms with van der Waals surface area (Å²) < 4.78 is 0. The summed E-state index contributed by atoms with van der Waals surface area (Å²) in [5, 5.41) is 11.7. The Balaban J connectivity index is 2.66. The van der Waals surface area contributed by atoms with Crippen LogP contribution in [0.15, 0.2) is 12.4 Å². The molecule has 0 atom stereocenters. The van der Waals surface area contributed by atoms with Crippen LogP contribution in [0, 0.1) is 11.8 Å². The van der Waals surface area contributed by atoms with E-state index < -0.39 is 5.97 Å². The van der Waals surface area contributed by atoms with Crippen molar-refractivity contribution >= 4 is 11.8 Å². The van der Waals surface area contributed by atoms with Crippen LogP contribution in [0.4, 0.5) is 5.82 Å². The van der Waals surface area contributed by atoms with Crippen LogP contribution in [0.25, 0.3) is 0 Å². The average Bonchev–Trinajstić information content (AvgIpc) is 2.25. The third-order valence-corrected chi connectivity index (χ3v) is 1.62. The van der Waals surface area contributed by atoms with E-state index in [0.717, 1.165) is 0 Å². The highest BCUT2D eigenvalue weighted by molar-refractivity contribution is 5.90. The van der Waals surface area contributed by atoms with E-state index in [9.17, 15) is 4.79 Å². The van der Waals surface area contributed by atoms with Crippen molar-refractivity contribution in [3.63, 3.8) is 0 Å². The van der Waals surface area contributed by atoms with Gasteiger partial charge in [-0.05, 0) is 6.92 Å². The monoisotopic (exact) mass is 205 g/mol. The number of hydrogen-bond acceptors (Lipinski definition) is 4. The summed E-state index contributed by atoms with van der Waals surface area (Å²) in [7, 11) is 0. The number of anilines is 1. The molecule has 1 aromatic heterocycles. The summed E-state index contributed by atoms with van der Waals surface area (Å²) in [4.78, 5) is 18.4. The van der Waals surface area contributed by atoms with E-state index in [1.54, 1.807) is 6.92 Å². The van der Waals surface area contributed by atoms with Crippen LogP contribution in [-0.4, -0.2) is 27.6 Å². The van der Waals surface area contributed by atoms with Crippen LogP contribution in [0.5, 0.6) is 0 Å². The van der Waals surface area contributed by atoms with Gasteiger partial charge in [-0.2, -0.15) is 0 Å². The van der Waals surface area contributed by atoms with Gasteiger partial charge in [-0.25, -0.2) is 14.8 Å². The van der Waals surface area contributed by atoms with E-state index in [2.05, 4.69) is 27.1 Å². The summed E-state index contributed by atoms with van der Waals surface area (Å²) >= 11 is 0. The van der Waals surface area contributed by atoms with Gasteiger partial charge in [0.2, 0.25) is 0 Å². The molecule has 0 saturated carbocycles. The molecule has 0 aromatic carbocycles. The normalized spacial score (nSPS) is 8.87. The number of rotatable bonds is 4. The number of hydrogen-bond donors (Lipinski definition) is 2. The highest BCUT2D eigenvalue weighted by Gasteiger charge is 2.11. The van der Waals surface area contributed by atoms with E-state index in [0.29, 0.717) is 13.0 Å². The summed E-state index contributed by atoms with van der Waals surface area (Å²) in [6.45, 7) is 2.31. The number of carboxylic acids is 1. The standard InChI is InChI=1S/C10H11N3O2/c1-2-3-4-5-12-9-8(10(14)15)11-6-7-13-9/h6-7H,4-5H2,1H3,(H,12,13)(H,14,15). The van der Waals surface area contributed by atoms with Gasteiger partial charge < -0.3 is 10.4 Å². The second-order valence-electron chi connectivity index (χ2n) is 2.66. The molecule has 0 aliphatic rings. The minimum Gasteiger partial charge on any atom is -0.476 e. The Bertz CT molecular complexity index is 407. The van der Waals surface area contributed by atoms with Crippen molar-refractivity contribution in [1.82, 2.24) is 9.97 Å². The Morgan fingerprint density at radius 2 is 2.27 bits per heavy atom. The minimum absolute atomic E-state index is 0.0676. The number of nitrogens with zero attached hydrogens (tertiary/aromatic N) is 2. The zero-order chi connectivity index (χ0) is 11.1. The molecule has 0 fully saturated rings. The summed E-state index contributed by atoms with van der Waals surface area (Å²) in [5.74, 6) is 4.80. The lowest BCUT2D eigenvalue weighted by molar-refractivity contribution is 0.0691. The van der Waals surface area contributed by atoms with Crippen LogP contribution < -0.4 is 5.32 Å². The van der Waals surface area contributed by atoms with Crippen LogP contribution in [0.3, 0.4) is 0 Å². The van der Waals surface area contributed by atoms with Crippen LogP contribution in [0.1, 0.15) is 23.8 Å². The third-order valence-electron chi connectivity index (χ3n) is 1.62. The minimum atomic E-state index is -1.09. The highest BCUT2D eigenvalue weighted by atomic mass is 16.4. The van der Waals surface area contributed by atoms with E-state index >= 15 is 0 Å². The van der Waals surface area contributed by atoms with E-state index in [-0.39, 0.29) is 11.5 Å². The second-order valence-corrected chi connectivity index (χ2v) is 2.66. The van der Waals surface area contributed by atoms with Crippen LogP contribution >= 0.6 is 0 Å². The molecule has 15 heavy (non-hydrogen) atoms. The molecular formula is C10H11N3O2.